The van der Waals surface area contributed by atoms with Crippen LogP contribution in [0.4, 0.5) is 0 Å². The topological polar surface area (TPSA) is 56.8 Å². The zero-order chi connectivity index (χ0) is 31.1. The summed E-state index contributed by atoms with van der Waals surface area (Å²) in [6.07, 6.45) is 20.7. The minimum Gasteiger partial charge on any atom is -0.379 e. The molecule has 0 saturated carbocycles. The molecule has 3 unspecified atom stereocenters. The molecule has 5 nitrogen and oxygen atoms in total. The maximum atomic E-state index is 12.1. The summed E-state index contributed by atoms with van der Waals surface area (Å²) < 4.78 is 11.4. The highest BCUT2D eigenvalue weighted by atomic mass is 32.1. The molecule has 0 aromatic rings. The zero-order valence-electron chi connectivity index (χ0n) is 27.9. The number of hydrogen-bond donors (Lipinski definition) is 1. The Hall–Kier alpha value is -1.50. The first-order valence-electron chi connectivity index (χ1n) is 16.0. The van der Waals surface area contributed by atoms with E-state index in [0.717, 1.165) is 36.2 Å². The van der Waals surface area contributed by atoms with Crippen LogP contribution in [-0.4, -0.2) is 36.8 Å². The number of thiocarbonyl (C=S) groups is 1. The number of hydroxylamine groups is 1. The smallest absolute Gasteiger partial charge is 0.335 e. The highest BCUT2D eigenvalue weighted by Crippen LogP contribution is 2.22. The van der Waals surface area contributed by atoms with Crippen LogP contribution in [0.15, 0.2) is 35.6 Å². The van der Waals surface area contributed by atoms with Gasteiger partial charge in [0.25, 0.3) is 0 Å². The SMILES string of the molecule is COC(C)(C)CCOC(C)CC(/C=C\NOC(=O)C/C=C(\C)CCCC(C)CCCC(C)CCCC(C)C)=C/C=S. The van der Waals surface area contributed by atoms with E-state index in [0.29, 0.717) is 13.0 Å². The van der Waals surface area contributed by atoms with Gasteiger partial charge >= 0.3 is 5.97 Å². The number of carbonyl (C=O) groups excluding carboxylic acids is 1. The molecule has 0 aliphatic rings. The van der Waals surface area contributed by atoms with Crippen LogP contribution in [-0.2, 0) is 19.1 Å². The molecule has 0 fully saturated rings. The first-order valence-corrected chi connectivity index (χ1v) is 16.4. The Balaban J connectivity index is 4.17. The Morgan fingerprint density at radius 2 is 1.56 bits per heavy atom. The lowest BCUT2D eigenvalue weighted by Crippen LogP contribution is -2.25. The van der Waals surface area contributed by atoms with Crippen molar-refractivity contribution in [3.05, 3.63) is 35.6 Å². The van der Waals surface area contributed by atoms with Gasteiger partial charge in [-0.05, 0) is 88.9 Å². The van der Waals surface area contributed by atoms with E-state index in [1.54, 1.807) is 18.7 Å². The summed E-state index contributed by atoms with van der Waals surface area (Å²) in [4.78, 5) is 17.3. The van der Waals surface area contributed by atoms with Gasteiger partial charge in [-0.3, -0.25) is 0 Å². The fourth-order valence-electron chi connectivity index (χ4n) is 4.63. The number of carbonyl (C=O) groups is 1. The van der Waals surface area contributed by atoms with Crippen LogP contribution in [0.3, 0.4) is 0 Å². The number of nitrogens with one attached hydrogen (secondary N) is 1. The first kappa shape index (κ1) is 39.5. The van der Waals surface area contributed by atoms with Gasteiger partial charge in [-0.25, -0.2) is 10.3 Å². The second kappa shape index (κ2) is 24.0. The van der Waals surface area contributed by atoms with Crippen molar-refractivity contribution in [2.45, 2.75) is 144 Å². The summed E-state index contributed by atoms with van der Waals surface area (Å²) in [7, 11) is 1.71. The van der Waals surface area contributed by atoms with E-state index in [1.165, 1.54) is 56.9 Å². The second-order valence-electron chi connectivity index (χ2n) is 13.0. The van der Waals surface area contributed by atoms with Crippen molar-refractivity contribution in [3.63, 3.8) is 0 Å². The van der Waals surface area contributed by atoms with E-state index in [-0.39, 0.29) is 24.1 Å². The van der Waals surface area contributed by atoms with E-state index in [1.807, 2.05) is 39.0 Å². The van der Waals surface area contributed by atoms with E-state index in [9.17, 15) is 4.79 Å². The summed E-state index contributed by atoms with van der Waals surface area (Å²) in [5.74, 6) is 2.14. The predicted octanol–water partition coefficient (Wildman–Crippen LogP) is 9.86. The number of allylic oxidation sites excluding steroid dienone is 3. The van der Waals surface area contributed by atoms with Crippen molar-refractivity contribution in [3.8, 4) is 0 Å². The van der Waals surface area contributed by atoms with Gasteiger partial charge in [0.15, 0.2) is 0 Å². The Morgan fingerprint density at radius 3 is 2.15 bits per heavy atom. The largest absolute Gasteiger partial charge is 0.379 e. The Morgan fingerprint density at radius 1 is 0.951 bits per heavy atom. The quantitative estimate of drug-likeness (QED) is 0.0374. The average molecular weight is 594 g/mol. The molecule has 0 heterocycles. The zero-order valence-corrected chi connectivity index (χ0v) is 28.7. The van der Waals surface area contributed by atoms with E-state index >= 15 is 0 Å². The van der Waals surface area contributed by atoms with Crippen molar-refractivity contribution in [2.75, 3.05) is 13.7 Å². The van der Waals surface area contributed by atoms with Crippen molar-refractivity contribution in [1.82, 2.24) is 5.48 Å². The van der Waals surface area contributed by atoms with Crippen LogP contribution in [0.25, 0.3) is 0 Å². The molecule has 0 bridgehead atoms. The maximum Gasteiger partial charge on any atom is 0.335 e. The standard InChI is InChI=1S/C35H63NO4S/c1-28(2)13-10-14-29(3)15-11-16-30(4)17-12-18-31(5)19-20-34(37)40-36-24-21-33(22-26-41)27-32(6)39-25-23-35(7,8)38-9/h19,21-22,24,26,28-30,32,36H,10-18,20,23,25,27H2,1-9H3/b24-21-,31-19+,33-22+. The molecule has 0 spiro atoms. The normalized spacial score (nSPS) is 15.3. The Kier molecular flexibility index (Phi) is 23.1. The van der Waals surface area contributed by atoms with Gasteiger partial charge in [-0.15, -0.1) is 0 Å². The van der Waals surface area contributed by atoms with Crippen LogP contribution < -0.4 is 5.48 Å². The molecule has 0 amide bonds. The summed E-state index contributed by atoms with van der Waals surface area (Å²) in [5, 5.41) is 1.58. The van der Waals surface area contributed by atoms with Crippen molar-refractivity contribution >= 4 is 23.6 Å². The number of rotatable bonds is 25. The lowest BCUT2D eigenvalue weighted by molar-refractivity contribution is -0.147. The molecule has 41 heavy (non-hydrogen) atoms. The molecule has 0 aromatic carbocycles. The molecule has 0 aliphatic carbocycles. The maximum absolute atomic E-state index is 12.1. The molecule has 0 rings (SSSR count). The molecule has 0 aromatic heterocycles. The molecule has 0 radical (unpaired) electrons. The molecule has 3 atom stereocenters. The molecule has 0 aliphatic heterocycles. The van der Waals surface area contributed by atoms with Crippen LogP contribution in [0.1, 0.15) is 132 Å². The minimum atomic E-state index is -0.303. The van der Waals surface area contributed by atoms with E-state index < -0.39 is 0 Å². The fraction of sp³-hybridized carbons (Fsp3) is 0.771. The van der Waals surface area contributed by atoms with Crippen molar-refractivity contribution in [2.24, 2.45) is 17.8 Å². The van der Waals surface area contributed by atoms with Gasteiger partial charge in [-0.1, -0.05) is 96.5 Å². The first-order chi connectivity index (χ1) is 19.4. The fourth-order valence-corrected chi connectivity index (χ4v) is 4.80. The third kappa shape index (κ3) is 24.8. The summed E-state index contributed by atoms with van der Waals surface area (Å²) >= 11 is 5.00. The molecular weight excluding hydrogens is 530 g/mol. The second-order valence-corrected chi connectivity index (χ2v) is 13.3. The Labute approximate surface area is 258 Å². The van der Waals surface area contributed by atoms with Gasteiger partial charge in [0.1, 0.15) is 0 Å². The summed E-state index contributed by atoms with van der Waals surface area (Å²) in [5.41, 5.74) is 4.68. The molecule has 0 saturated heterocycles. The molecule has 6 heteroatoms. The monoisotopic (exact) mass is 593 g/mol. The average Bonchev–Trinajstić information content (AvgIpc) is 2.89. The van der Waals surface area contributed by atoms with Crippen molar-refractivity contribution < 1.29 is 19.1 Å². The lowest BCUT2D eigenvalue weighted by Gasteiger charge is -2.23. The molecular formula is C35H63NO4S. The number of hydrogen-bond acceptors (Lipinski definition) is 6. The van der Waals surface area contributed by atoms with Crippen LogP contribution in [0.2, 0.25) is 0 Å². The van der Waals surface area contributed by atoms with Crippen LogP contribution in [0.5, 0.6) is 0 Å². The highest BCUT2D eigenvalue weighted by Gasteiger charge is 2.16. The van der Waals surface area contributed by atoms with Crippen LogP contribution >= 0.6 is 12.2 Å². The van der Waals surface area contributed by atoms with Gasteiger partial charge in [0, 0.05) is 25.3 Å². The van der Waals surface area contributed by atoms with Gasteiger partial charge in [-0.2, -0.15) is 0 Å². The lowest BCUT2D eigenvalue weighted by atomic mass is 9.91. The third-order valence-corrected chi connectivity index (χ3v) is 7.90. The number of ether oxygens (including phenoxy) is 2. The molecule has 238 valence electrons. The van der Waals surface area contributed by atoms with Gasteiger partial charge < -0.3 is 14.3 Å². The van der Waals surface area contributed by atoms with Crippen LogP contribution in [0, 0.1) is 17.8 Å². The van der Waals surface area contributed by atoms with Gasteiger partial charge in [0.05, 0.1) is 18.1 Å². The van der Waals surface area contributed by atoms with E-state index in [2.05, 4.69) is 40.1 Å². The van der Waals surface area contributed by atoms with Crippen molar-refractivity contribution in [1.29, 1.82) is 0 Å². The van der Waals surface area contributed by atoms with E-state index in [4.69, 9.17) is 26.5 Å². The predicted molar refractivity (Wildman–Crippen MR) is 179 cm³/mol. The summed E-state index contributed by atoms with van der Waals surface area (Å²) in [6, 6.07) is 0. The molecule has 1 N–H and O–H groups in total. The van der Waals surface area contributed by atoms with Gasteiger partial charge in [0.2, 0.25) is 0 Å². The summed E-state index contributed by atoms with van der Waals surface area (Å²) in [6.45, 7) is 18.3. The highest BCUT2D eigenvalue weighted by molar-refractivity contribution is 7.79. The number of methoxy groups -OCH3 is 1. The third-order valence-electron chi connectivity index (χ3n) is 7.76. The Bertz CT molecular complexity index is 787. The minimum absolute atomic E-state index is 0.0280.